The van der Waals surface area contributed by atoms with Crippen molar-refractivity contribution >= 4 is 11.8 Å². The minimum absolute atomic E-state index is 0.0453. The van der Waals surface area contributed by atoms with Crippen LogP contribution in [0.2, 0.25) is 0 Å². The molecule has 5 nitrogen and oxygen atoms in total. The van der Waals surface area contributed by atoms with E-state index in [2.05, 4.69) is 33.8 Å². The van der Waals surface area contributed by atoms with Crippen LogP contribution in [0, 0.1) is 33.0 Å². The number of aliphatic hydroxyl groups excluding tert-OH is 2. The minimum Gasteiger partial charge on any atom is -0.504 e. The van der Waals surface area contributed by atoms with E-state index in [0.717, 1.165) is 43.3 Å². The van der Waals surface area contributed by atoms with E-state index in [1.165, 1.54) is 12.7 Å². The summed E-state index contributed by atoms with van der Waals surface area (Å²) in [5.41, 5.74) is 1.99. The van der Waals surface area contributed by atoms with Crippen molar-refractivity contribution in [1.82, 2.24) is 0 Å². The molecule has 1 unspecified atom stereocenters. The predicted octanol–water partition coefficient (Wildman–Crippen LogP) is 5.76. The molecule has 35 heavy (non-hydrogen) atoms. The standard InChI is InChI=1S/C30H40O5/c1-17-18-8-9-21-28(4,19(18)14-20(31)24(17)33)12-13-29(5)22-15-27(3,25(34)35-7)11-10-26(22,2)16-23(32)30(21,29)6/h8-9,14,22-23,32-33H,10-13,15-16H2,1-7H3/t22?,23-,26+,27+,28-,29-,30-/m0/s1. The Labute approximate surface area is 209 Å². The Morgan fingerprint density at radius 1 is 1.03 bits per heavy atom. The zero-order valence-electron chi connectivity index (χ0n) is 22.2. The maximum Gasteiger partial charge on any atom is 0.311 e. The maximum atomic E-state index is 12.8. The van der Waals surface area contributed by atoms with Gasteiger partial charge in [-0.25, -0.2) is 0 Å². The topological polar surface area (TPSA) is 83.8 Å². The second-order valence-corrected chi connectivity index (χ2v) is 13.2. The highest BCUT2D eigenvalue weighted by Gasteiger charge is 2.70. The van der Waals surface area contributed by atoms with Gasteiger partial charge in [0.25, 0.3) is 0 Å². The van der Waals surface area contributed by atoms with Crippen LogP contribution < -0.4 is 0 Å². The average molecular weight is 481 g/mol. The van der Waals surface area contributed by atoms with Gasteiger partial charge >= 0.3 is 5.97 Å². The van der Waals surface area contributed by atoms with Gasteiger partial charge in [-0.05, 0) is 86.3 Å². The monoisotopic (exact) mass is 480 g/mol. The van der Waals surface area contributed by atoms with Crippen LogP contribution in [-0.2, 0) is 14.3 Å². The van der Waals surface area contributed by atoms with Crippen molar-refractivity contribution in [2.75, 3.05) is 7.11 Å². The molecule has 5 heteroatoms. The number of methoxy groups -OCH3 is 1. The first-order valence-corrected chi connectivity index (χ1v) is 13.0. The molecule has 0 spiro atoms. The third-order valence-electron chi connectivity index (χ3n) is 11.6. The zero-order chi connectivity index (χ0) is 25.8. The molecule has 3 fully saturated rings. The fourth-order valence-corrected chi connectivity index (χ4v) is 9.00. The Morgan fingerprint density at radius 2 is 1.71 bits per heavy atom. The number of hydrogen-bond donors (Lipinski definition) is 2. The van der Waals surface area contributed by atoms with E-state index < -0.39 is 22.3 Å². The first-order valence-electron chi connectivity index (χ1n) is 13.0. The molecule has 7 atom stereocenters. The Balaban J connectivity index is 1.67. The lowest BCUT2D eigenvalue weighted by Gasteiger charge is -2.71. The Hall–Kier alpha value is -2.14. The van der Waals surface area contributed by atoms with Crippen LogP contribution in [0.5, 0.6) is 0 Å². The molecule has 5 aliphatic carbocycles. The van der Waals surface area contributed by atoms with Crippen molar-refractivity contribution in [3.63, 3.8) is 0 Å². The van der Waals surface area contributed by atoms with Crippen LogP contribution >= 0.6 is 0 Å². The van der Waals surface area contributed by atoms with Crippen molar-refractivity contribution in [2.45, 2.75) is 86.2 Å². The molecular weight excluding hydrogens is 440 g/mol. The van der Waals surface area contributed by atoms with E-state index in [0.29, 0.717) is 12.0 Å². The van der Waals surface area contributed by atoms with Crippen molar-refractivity contribution in [3.05, 3.63) is 46.3 Å². The second-order valence-electron chi connectivity index (χ2n) is 13.2. The Kier molecular flexibility index (Phi) is 5.06. The molecule has 2 N–H and O–H groups in total. The number of carbonyl (C=O) groups excluding carboxylic acids is 2. The second kappa shape index (κ2) is 7.21. The molecule has 0 aliphatic heterocycles. The SMILES string of the molecule is COC(=O)[C@]1(C)CC[C@]2(C)C[C@H](O)[C@]3(C)C4=CC=C5C(=CC(=O)C(O)=C5C)[C@]4(C)CC[C@@]3(C)C2C1. The van der Waals surface area contributed by atoms with Gasteiger partial charge < -0.3 is 14.9 Å². The molecule has 0 amide bonds. The third-order valence-corrected chi connectivity index (χ3v) is 11.6. The van der Waals surface area contributed by atoms with E-state index in [1.54, 1.807) is 13.0 Å². The molecule has 5 rings (SSSR count). The van der Waals surface area contributed by atoms with Gasteiger partial charge in [0, 0.05) is 16.4 Å². The Morgan fingerprint density at radius 3 is 2.37 bits per heavy atom. The van der Waals surface area contributed by atoms with Gasteiger partial charge in [-0.1, -0.05) is 45.4 Å². The summed E-state index contributed by atoms with van der Waals surface area (Å²) < 4.78 is 5.24. The molecule has 0 saturated heterocycles. The van der Waals surface area contributed by atoms with Crippen molar-refractivity contribution in [2.24, 2.45) is 33.0 Å². The van der Waals surface area contributed by atoms with Crippen LogP contribution in [0.3, 0.4) is 0 Å². The number of ketones is 1. The molecule has 0 aromatic heterocycles. The summed E-state index contributed by atoms with van der Waals surface area (Å²) in [6.07, 6.45) is 10.1. The number of esters is 1. The van der Waals surface area contributed by atoms with Crippen LogP contribution in [0.4, 0.5) is 0 Å². The molecular formula is C30H40O5. The van der Waals surface area contributed by atoms with E-state index in [4.69, 9.17) is 4.74 Å². The van der Waals surface area contributed by atoms with Gasteiger partial charge in [0.15, 0.2) is 5.76 Å². The number of carbonyl (C=O) groups is 2. The number of aliphatic hydroxyl groups is 2. The van der Waals surface area contributed by atoms with Gasteiger partial charge in [0.05, 0.1) is 18.6 Å². The quantitative estimate of drug-likeness (QED) is 0.467. The van der Waals surface area contributed by atoms with Gasteiger partial charge in [-0.2, -0.15) is 0 Å². The molecule has 5 aliphatic rings. The largest absolute Gasteiger partial charge is 0.504 e. The van der Waals surface area contributed by atoms with E-state index in [1.807, 2.05) is 13.0 Å². The average Bonchev–Trinajstić information content (AvgIpc) is 2.81. The van der Waals surface area contributed by atoms with Gasteiger partial charge in [0.2, 0.25) is 5.78 Å². The smallest absolute Gasteiger partial charge is 0.311 e. The summed E-state index contributed by atoms with van der Waals surface area (Å²) in [5.74, 6) is -0.391. The fourth-order valence-electron chi connectivity index (χ4n) is 9.00. The summed E-state index contributed by atoms with van der Waals surface area (Å²) in [4.78, 5) is 25.5. The normalized spacial score (nSPS) is 46.9. The predicted molar refractivity (Wildman–Crippen MR) is 134 cm³/mol. The third kappa shape index (κ3) is 2.85. The summed E-state index contributed by atoms with van der Waals surface area (Å²) in [5, 5.41) is 22.2. The lowest BCUT2D eigenvalue weighted by atomic mass is 9.33. The molecule has 190 valence electrons. The van der Waals surface area contributed by atoms with Gasteiger partial charge in [-0.15, -0.1) is 0 Å². The molecule has 0 aromatic rings. The van der Waals surface area contributed by atoms with Crippen LogP contribution in [0.15, 0.2) is 46.3 Å². The lowest BCUT2D eigenvalue weighted by Crippen LogP contribution is -2.67. The molecule has 0 aromatic carbocycles. The van der Waals surface area contributed by atoms with Crippen LogP contribution in [-0.4, -0.2) is 35.2 Å². The minimum atomic E-state index is -0.526. The lowest BCUT2D eigenvalue weighted by molar-refractivity contribution is -0.214. The highest BCUT2D eigenvalue weighted by atomic mass is 16.5. The summed E-state index contributed by atoms with van der Waals surface area (Å²) >= 11 is 0. The molecule has 0 heterocycles. The maximum absolute atomic E-state index is 12.8. The molecule has 0 bridgehead atoms. The van der Waals surface area contributed by atoms with E-state index in [9.17, 15) is 19.8 Å². The number of allylic oxidation sites excluding steroid dienone is 6. The summed E-state index contributed by atoms with van der Waals surface area (Å²) in [6.45, 7) is 12.9. The highest BCUT2D eigenvalue weighted by Crippen LogP contribution is 2.75. The van der Waals surface area contributed by atoms with Crippen LogP contribution in [0.25, 0.3) is 0 Å². The Bertz CT molecular complexity index is 1160. The number of rotatable bonds is 1. The zero-order valence-corrected chi connectivity index (χ0v) is 22.2. The fraction of sp³-hybridized carbons (Fsp3) is 0.667. The van der Waals surface area contributed by atoms with Crippen molar-refractivity contribution in [1.29, 1.82) is 0 Å². The van der Waals surface area contributed by atoms with Gasteiger partial charge in [-0.3, -0.25) is 9.59 Å². The number of hydrogen-bond acceptors (Lipinski definition) is 5. The number of ether oxygens (including phenoxy) is 1. The van der Waals surface area contributed by atoms with Crippen LogP contribution in [0.1, 0.15) is 80.1 Å². The van der Waals surface area contributed by atoms with Crippen molar-refractivity contribution in [3.8, 4) is 0 Å². The molecule has 0 radical (unpaired) electrons. The summed E-state index contributed by atoms with van der Waals surface area (Å²) in [7, 11) is 1.48. The van der Waals surface area contributed by atoms with Crippen molar-refractivity contribution < 1.29 is 24.5 Å². The van der Waals surface area contributed by atoms with E-state index >= 15 is 0 Å². The summed E-state index contributed by atoms with van der Waals surface area (Å²) in [6, 6.07) is 0. The van der Waals surface area contributed by atoms with Gasteiger partial charge in [0.1, 0.15) is 0 Å². The van der Waals surface area contributed by atoms with E-state index in [-0.39, 0.29) is 34.3 Å². The first kappa shape index (κ1) is 24.5. The first-order chi connectivity index (χ1) is 16.2. The highest BCUT2D eigenvalue weighted by molar-refractivity contribution is 6.06. The molecule has 3 saturated carbocycles. The number of fused-ring (bicyclic) bond motifs is 7.